The Bertz CT molecular complexity index is 1620. The Morgan fingerprint density at radius 2 is 1.88 bits per heavy atom. The average molecular weight is 554 g/mol. The molecule has 10 nitrogen and oxygen atoms in total. The number of likely N-dealkylation sites (N-methyl/N-ethyl adjacent to an activating group) is 1. The van der Waals surface area contributed by atoms with Crippen LogP contribution >= 0.6 is 0 Å². The molecule has 0 aliphatic carbocycles. The third-order valence-electron chi connectivity index (χ3n) is 8.41. The lowest BCUT2D eigenvalue weighted by molar-refractivity contribution is -0.133. The van der Waals surface area contributed by atoms with E-state index in [-0.39, 0.29) is 5.91 Å². The van der Waals surface area contributed by atoms with Gasteiger partial charge < -0.3 is 19.3 Å². The molecule has 1 N–H and O–H groups in total. The highest BCUT2D eigenvalue weighted by atomic mass is 16.5. The van der Waals surface area contributed by atoms with Crippen molar-refractivity contribution in [1.29, 1.82) is 0 Å². The molecule has 2 aromatic carbocycles. The summed E-state index contributed by atoms with van der Waals surface area (Å²) in [6, 6.07) is 12.6. The number of benzene rings is 2. The van der Waals surface area contributed by atoms with Gasteiger partial charge in [-0.1, -0.05) is 18.2 Å². The molecule has 4 bridgehead atoms. The maximum atomic E-state index is 13.4. The number of ether oxygens (including phenoxy) is 2. The third-order valence-corrected chi connectivity index (χ3v) is 8.41. The number of fused-ring (bicyclic) bond motifs is 6. The Kier molecular flexibility index (Phi) is 6.72. The fourth-order valence-corrected chi connectivity index (χ4v) is 5.92. The standard InChI is InChI=1S/C31H35N7O3/c1-35-11-13-37(14-12-35)20-21-3-4-22-5-7-26-24-18-23(6-8-27(24)34-33-26)25-19-32-36(2)31(25)40-16-15-38-10-9-28(30(38)39)41-29(22)17-21/h3-8,17-19,28H,9-16,20H2,1-2H3,(H,33,34)/b7-5+/t28-/m1/s1. The van der Waals surface area contributed by atoms with Gasteiger partial charge in [0.05, 0.1) is 29.5 Å². The van der Waals surface area contributed by atoms with Crippen LogP contribution in [0.4, 0.5) is 0 Å². The lowest BCUT2D eigenvalue weighted by Crippen LogP contribution is -2.43. The van der Waals surface area contributed by atoms with Crippen LogP contribution in [0.2, 0.25) is 0 Å². The van der Waals surface area contributed by atoms with Crippen molar-refractivity contribution in [2.24, 2.45) is 7.05 Å². The van der Waals surface area contributed by atoms with Crippen molar-refractivity contribution >= 4 is 29.0 Å². The molecule has 212 valence electrons. The highest BCUT2D eigenvalue weighted by Gasteiger charge is 2.34. The third kappa shape index (κ3) is 5.09. The number of aromatic nitrogens is 4. The first-order valence-corrected chi connectivity index (χ1v) is 14.3. The van der Waals surface area contributed by atoms with Gasteiger partial charge in [0.1, 0.15) is 12.4 Å². The predicted molar refractivity (Wildman–Crippen MR) is 158 cm³/mol. The van der Waals surface area contributed by atoms with Gasteiger partial charge in [0.2, 0.25) is 5.88 Å². The number of carbonyl (C=O) groups excluding carboxylic acids is 1. The van der Waals surface area contributed by atoms with Crippen LogP contribution in [0.1, 0.15) is 23.2 Å². The van der Waals surface area contributed by atoms with Gasteiger partial charge in [-0.25, -0.2) is 4.68 Å². The van der Waals surface area contributed by atoms with Gasteiger partial charge in [0.25, 0.3) is 5.91 Å². The SMILES string of the molecule is CN1CCN(Cc2ccc3c(c2)O[C@@H]2CCN(CCOc4c(cnn4C)-c4ccc5[nH]nc(c5c4)/C=C/3)C2=O)CC1. The molecule has 10 heteroatoms. The smallest absolute Gasteiger partial charge is 0.263 e. The number of rotatable bonds is 2. The number of H-pyrrole nitrogens is 1. The van der Waals surface area contributed by atoms with Crippen molar-refractivity contribution in [3.05, 3.63) is 59.4 Å². The van der Waals surface area contributed by atoms with Crippen LogP contribution in [-0.4, -0.2) is 99.6 Å². The van der Waals surface area contributed by atoms with E-state index < -0.39 is 6.10 Å². The van der Waals surface area contributed by atoms with Gasteiger partial charge >= 0.3 is 0 Å². The van der Waals surface area contributed by atoms with E-state index in [9.17, 15) is 4.79 Å². The maximum absolute atomic E-state index is 13.4. The molecule has 3 aliphatic rings. The van der Waals surface area contributed by atoms with Crippen LogP contribution in [0.3, 0.4) is 0 Å². The molecule has 0 saturated carbocycles. The minimum Gasteiger partial charge on any atom is -0.480 e. The van der Waals surface area contributed by atoms with Gasteiger partial charge in [-0.2, -0.15) is 10.2 Å². The highest BCUT2D eigenvalue weighted by Crippen LogP contribution is 2.33. The predicted octanol–water partition coefficient (Wildman–Crippen LogP) is 3.25. The molecule has 2 aromatic heterocycles. The monoisotopic (exact) mass is 553 g/mol. The number of hydrogen-bond donors (Lipinski definition) is 1. The zero-order chi connectivity index (χ0) is 27.9. The number of amides is 1. The summed E-state index contributed by atoms with van der Waals surface area (Å²) in [4.78, 5) is 20.0. The lowest BCUT2D eigenvalue weighted by atomic mass is 10.0. The van der Waals surface area contributed by atoms with E-state index in [1.807, 2.05) is 42.4 Å². The van der Waals surface area contributed by atoms with E-state index in [2.05, 4.69) is 56.4 Å². The lowest BCUT2D eigenvalue weighted by Gasteiger charge is -2.32. The van der Waals surface area contributed by atoms with Gasteiger partial charge in [-0.3, -0.25) is 14.8 Å². The summed E-state index contributed by atoms with van der Waals surface area (Å²) >= 11 is 0. The van der Waals surface area contributed by atoms with Crippen molar-refractivity contribution < 1.29 is 14.3 Å². The zero-order valence-electron chi connectivity index (χ0n) is 23.5. The minimum absolute atomic E-state index is 0.00297. The minimum atomic E-state index is -0.518. The van der Waals surface area contributed by atoms with Crippen LogP contribution in [0.5, 0.6) is 11.6 Å². The summed E-state index contributed by atoms with van der Waals surface area (Å²) < 4.78 is 14.4. The Hall–Kier alpha value is -4.15. The number of nitrogens with zero attached hydrogens (tertiary/aromatic N) is 6. The molecule has 2 fully saturated rings. The van der Waals surface area contributed by atoms with E-state index in [1.54, 1.807) is 4.68 Å². The summed E-state index contributed by atoms with van der Waals surface area (Å²) in [7, 11) is 4.04. The molecule has 4 aromatic rings. The average Bonchev–Trinajstić information content (AvgIpc) is 3.66. The number of hydrogen-bond acceptors (Lipinski definition) is 7. The molecule has 0 spiro atoms. The first-order chi connectivity index (χ1) is 20.0. The second-order valence-electron chi connectivity index (χ2n) is 11.2. The molecular formula is C31H35N7O3. The van der Waals surface area contributed by atoms with E-state index >= 15 is 0 Å². The second kappa shape index (κ2) is 10.7. The number of aryl methyl sites for hydroxylation is 1. The fraction of sp³-hybridized carbons (Fsp3) is 0.387. The fourth-order valence-electron chi connectivity index (χ4n) is 5.92. The molecule has 1 atom stereocenters. The van der Waals surface area contributed by atoms with Crippen molar-refractivity contribution in [3.63, 3.8) is 0 Å². The largest absolute Gasteiger partial charge is 0.480 e. The van der Waals surface area contributed by atoms with Crippen molar-refractivity contribution in [2.75, 3.05) is 52.9 Å². The summed E-state index contributed by atoms with van der Waals surface area (Å²) in [5.74, 6) is 1.41. The van der Waals surface area contributed by atoms with Crippen molar-refractivity contribution in [3.8, 4) is 22.8 Å². The van der Waals surface area contributed by atoms with E-state index in [1.165, 1.54) is 5.56 Å². The Morgan fingerprint density at radius 1 is 1.00 bits per heavy atom. The number of aromatic amines is 1. The summed E-state index contributed by atoms with van der Waals surface area (Å²) in [5, 5.41) is 13.2. The summed E-state index contributed by atoms with van der Waals surface area (Å²) in [6.07, 6.45) is 5.99. The summed E-state index contributed by atoms with van der Waals surface area (Å²) in [5.41, 5.74) is 5.79. The van der Waals surface area contributed by atoms with E-state index in [0.29, 0.717) is 32.0 Å². The molecule has 2 saturated heterocycles. The first kappa shape index (κ1) is 25.8. The Labute approximate surface area is 239 Å². The van der Waals surface area contributed by atoms with E-state index in [0.717, 1.165) is 71.8 Å². The quantitative estimate of drug-likeness (QED) is 0.408. The normalized spacial score (nSPS) is 20.9. The second-order valence-corrected chi connectivity index (χ2v) is 11.2. The van der Waals surface area contributed by atoms with Crippen LogP contribution < -0.4 is 9.47 Å². The van der Waals surface area contributed by atoms with Gasteiger partial charge in [-0.05, 0) is 48.5 Å². The van der Waals surface area contributed by atoms with Crippen LogP contribution in [0.15, 0.2) is 42.6 Å². The molecule has 0 unspecified atom stereocenters. The van der Waals surface area contributed by atoms with Crippen molar-refractivity contribution in [1.82, 2.24) is 34.7 Å². The number of nitrogens with one attached hydrogen (secondary N) is 1. The highest BCUT2D eigenvalue weighted by molar-refractivity contribution is 5.93. The topological polar surface area (TPSA) is 91.8 Å². The Balaban J connectivity index is 1.27. The van der Waals surface area contributed by atoms with Crippen LogP contribution in [-0.2, 0) is 18.4 Å². The van der Waals surface area contributed by atoms with Crippen LogP contribution in [0, 0.1) is 0 Å². The van der Waals surface area contributed by atoms with Crippen LogP contribution in [0.25, 0.3) is 34.2 Å². The van der Waals surface area contributed by atoms with Gasteiger partial charge in [0, 0.05) is 63.7 Å². The zero-order valence-corrected chi connectivity index (χ0v) is 23.5. The molecule has 41 heavy (non-hydrogen) atoms. The first-order valence-electron chi connectivity index (χ1n) is 14.3. The molecular weight excluding hydrogens is 518 g/mol. The molecule has 0 radical (unpaired) electrons. The number of carbonyl (C=O) groups is 1. The van der Waals surface area contributed by atoms with E-state index in [4.69, 9.17) is 9.47 Å². The van der Waals surface area contributed by atoms with Gasteiger partial charge in [0.15, 0.2) is 6.10 Å². The maximum Gasteiger partial charge on any atom is 0.263 e. The number of piperazine rings is 1. The summed E-state index contributed by atoms with van der Waals surface area (Å²) in [6.45, 7) is 6.59. The molecule has 1 amide bonds. The molecule has 5 heterocycles. The molecule has 3 aliphatic heterocycles. The molecule has 7 rings (SSSR count). The van der Waals surface area contributed by atoms with Gasteiger partial charge in [-0.15, -0.1) is 0 Å². The van der Waals surface area contributed by atoms with Crippen molar-refractivity contribution in [2.45, 2.75) is 19.1 Å². The Morgan fingerprint density at radius 3 is 2.76 bits per heavy atom.